The van der Waals surface area contributed by atoms with Crippen LogP contribution in [0.25, 0.3) is 0 Å². The zero-order valence-electron chi connectivity index (χ0n) is 12.0. The standard InChI is InChI=1S/C18H17NO2/c1-2-17(20)21-19-18-15-9-5-3-7-13(15)11-12-14-8-4-6-10-16(14)18/h3-10H,2,11-12H2,1H3. The number of benzene rings is 2. The molecule has 2 aromatic rings. The Bertz CT molecular complexity index is 654. The number of hydrogen-bond donors (Lipinski definition) is 0. The van der Waals surface area contributed by atoms with E-state index in [1.807, 2.05) is 36.4 Å². The third-order valence-corrected chi connectivity index (χ3v) is 3.74. The van der Waals surface area contributed by atoms with Gasteiger partial charge in [0, 0.05) is 17.5 Å². The first-order valence-electron chi connectivity index (χ1n) is 7.24. The van der Waals surface area contributed by atoms with E-state index in [-0.39, 0.29) is 5.97 Å². The minimum atomic E-state index is -0.318. The second-order valence-electron chi connectivity index (χ2n) is 5.07. The van der Waals surface area contributed by atoms with Crippen molar-refractivity contribution in [1.82, 2.24) is 0 Å². The Balaban J connectivity index is 2.13. The Hall–Kier alpha value is -2.42. The summed E-state index contributed by atoms with van der Waals surface area (Å²) in [4.78, 5) is 16.5. The maximum absolute atomic E-state index is 11.4. The lowest BCUT2D eigenvalue weighted by molar-refractivity contribution is -0.143. The molecule has 2 aromatic carbocycles. The lowest BCUT2D eigenvalue weighted by atomic mass is 9.98. The highest BCUT2D eigenvalue weighted by atomic mass is 16.7. The average molecular weight is 279 g/mol. The lowest BCUT2D eigenvalue weighted by Crippen LogP contribution is -2.08. The van der Waals surface area contributed by atoms with Gasteiger partial charge >= 0.3 is 5.97 Å². The molecular formula is C18H17NO2. The molecule has 0 fully saturated rings. The summed E-state index contributed by atoms with van der Waals surface area (Å²) < 4.78 is 0. The molecule has 0 radical (unpaired) electrons. The molecule has 3 nitrogen and oxygen atoms in total. The third kappa shape index (κ3) is 2.72. The topological polar surface area (TPSA) is 38.7 Å². The van der Waals surface area contributed by atoms with Crippen molar-refractivity contribution < 1.29 is 9.63 Å². The molecule has 0 bridgehead atoms. The van der Waals surface area contributed by atoms with E-state index in [0.29, 0.717) is 6.42 Å². The van der Waals surface area contributed by atoms with Gasteiger partial charge in [0.25, 0.3) is 0 Å². The van der Waals surface area contributed by atoms with Gasteiger partial charge in [-0.1, -0.05) is 60.6 Å². The summed E-state index contributed by atoms with van der Waals surface area (Å²) in [5.41, 5.74) is 5.32. The first-order chi connectivity index (χ1) is 10.3. The molecule has 3 rings (SSSR count). The molecule has 0 heterocycles. The van der Waals surface area contributed by atoms with Crippen LogP contribution in [0.1, 0.15) is 35.6 Å². The average Bonchev–Trinajstić information content (AvgIpc) is 2.69. The van der Waals surface area contributed by atoms with Crippen LogP contribution in [-0.4, -0.2) is 11.7 Å². The molecule has 0 saturated carbocycles. The van der Waals surface area contributed by atoms with Crippen molar-refractivity contribution in [2.24, 2.45) is 5.16 Å². The lowest BCUT2D eigenvalue weighted by Gasteiger charge is -2.09. The molecule has 0 amide bonds. The Labute approximate surface area is 124 Å². The molecule has 0 unspecified atom stereocenters. The monoisotopic (exact) mass is 279 g/mol. The fourth-order valence-corrected chi connectivity index (χ4v) is 2.61. The van der Waals surface area contributed by atoms with Crippen molar-refractivity contribution >= 4 is 11.7 Å². The molecule has 0 spiro atoms. The van der Waals surface area contributed by atoms with E-state index in [1.165, 1.54) is 11.1 Å². The molecule has 1 aliphatic carbocycles. The van der Waals surface area contributed by atoms with Gasteiger partial charge in [-0.05, 0) is 24.0 Å². The fraction of sp³-hybridized carbons (Fsp3) is 0.222. The van der Waals surface area contributed by atoms with Crippen molar-refractivity contribution in [3.63, 3.8) is 0 Å². The molecule has 0 N–H and O–H groups in total. The van der Waals surface area contributed by atoms with Crippen LogP contribution in [0.5, 0.6) is 0 Å². The van der Waals surface area contributed by atoms with Crippen LogP contribution in [0.4, 0.5) is 0 Å². The van der Waals surface area contributed by atoms with E-state index < -0.39 is 0 Å². The van der Waals surface area contributed by atoms with Gasteiger partial charge in [0.2, 0.25) is 0 Å². The largest absolute Gasteiger partial charge is 0.334 e. The Morgan fingerprint density at radius 2 is 1.52 bits per heavy atom. The maximum Gasteiger partial charge on any atom is 0.334 e. The number of aryl methyl sites for hydroxylation is 2. The van der Waals surface area contributed by atoms with Gasteiger partial charge in [-0.2, -0.15) is 0 Å². The van der Waals surface area contributed by atoms with Crippen LogP contribution in [-0.2, 0) is 22.5 Å². The molecule has 3 heteroatoms. The van der Waals surface area contributed by atoms with Crippen molar-refractivity contribution in [1.29, 1.82) is 0 Å². The van der Waals surface area contributed by atoms with Gasteiger partial charge in [-0.25, -0.2) is 4.79 Å². The smallest absolute Gasteiger partial charge is 0.318 e. The Kier molecular flexibility index (Phi) is 3.82. The van der Waals surface area contributed by atoms with Crippen LogP contribution >= 0.6 is 0 Å². The zero-order valence-corrected chi connectivity index (χ0v) is 12.0. The van der Waals surface area contributed by atoms with Gasteiger partial charge in [0.15, 0.2) is 0 Å². The Morgan fingerprint density at radius 3 is 2.05 bits per heavy atom. The molecular weight excluding hydrogens is 262 g/mol. The summed E-state index contributed by atoms with van der Waals surface area (Å²) in [6.07, 6.45) is 2.25. The molecule has 0 aromatic heterocycles. The highest BCUT2D eigenvalue weighted by Crippen LogP contribution is 2.25. The normalized spacial score (nSPS) is 12.9. The van der Waals surface area contributed by atoms with Crippen LogP contribution in [0.15, 0.2) is 53.7 Å². The van der Waals surface area contributed by atoms with Crippen LogP contribution in [0.3, 0.4) is 0 Å². The van der Waals surface area contributed by atoms with E-state index >= 15 is 0 Å². The van der Waals surface area contributed by atoms with Crippen LogP contribution in [0.2, 0.25) is 0 Å². The second kappa shape index (κ2) is 5.92. The number of carbonyl (C=O) groups is 1. The number of nitrogens with zero attached hydrogens (tertiary/aromatic N) is 1. The first-order valence-corrected chi connectivity index (χ1v) is 7.24. The van der Waals surface area contributed by atoms with Gasteiger partial charge in [-0.15, -0.1) is 0 Å². The number of rotatable bonds is 2. The number of oxime groups is 1. The van der Waals surface area contributed by atoms with Crippen molar-refractivity contribution in [3.05, 3.63) is 70.8 Å². The van der Waals surface area contributed by atoms with Gasteiger partial charge in [0.1, 0.15) is 5.71 Å². The fourth-order valence-electron chi connectivity index (χ4n) is 2.61. The van der Waals surface area contributed by atoms with E-state index in [0.717, 1.165) is 29.7 Å². The molecule has 1 aliphatic rings. The van der Waals surface area contributed by atoms with Crippen LogP contribution in [0, 0.1) is 0 Å². The van der Waals surface area contributed by atoms with E-state index in [9.17, 15) is 4.79 Å². The third-order valence-electron chi connectivity index (χ3n) is 3.74. The summed E-state index contributed by atoms with van der Waals surface area (Å²) in [5.74, 6) is -0.318. The number of carbonyl (C=O) groups excluding carboxylic acids is 1. The summed E-state index contributed by atoms with van der Waals surface area (Å²) in [7, 11) is 0. The molecule has 0 saturated heterocycles. The van der Waals surface area contributed by atoms with Crippen molar-refractivity contribution in [2.75, 3.05) is 0 Å². The Morgan fingerprint density at radius 1 is 1.00 bits per heavy atom. The zero-order chi connectivity index (χ0) is 14.7. The van der Waals surface area contributed by atoms with Gasteiger partial charge < -0.3 is 4.84 Å². The van der Waals surface area contributed by atoms with Crippen molar-refractivity contribution in [3.8, 4) is 0 Å². The van der Waals surface area contributed by atoms with Crippen molar-refractivity contribution in [2.45, 2.75) is 26.2 Å². The molecule has 0 atom stereocenters. The molecule has 0 aliphatic heterocycles. The number of hydrogen-bond acceptors (Lipinski definition) is 3. The quantitative estimate of drug-likeness (QED) is 0.623. The predicted octanol–water partition coefficient (Wildman–Crippen LogP) is 3.49. The summed E-state index contributed by atoms with van der Waals surface area (Å²) in [5, 5.41) is 4.16. The molecule has 106 valence electrons. The summed E-state index contributed by atoms with van der Waals surface area (Å²) in [6, 6.07) is 16.3. The highest BCUT2D eigenvalue weighted by molar-refractivity contribution is 6.14. The molecule has 21 heavy (non-hydrogen) atoms. The van der Waals surface area contributed by atoms with Gasteiger partial charge in [0.05, 0.1) is 0 Å². The van der Waals surface area contributed by atoms with Crippen LogP contribution < -0.4 is 0 Å². The minimum absolute atomic E-state index is 0.318. The SMILES string of the molecule is CCC(=O)ON=C1c2ccccc2CCc2ccccc21. The number of fused-ring (bicyclic) bond motifs is 2. The summed E-state index contributed by atoms with van der Waals surface area (Å²) in [6.45, 7) is 1.76. The highest BCUT2D eigenvalue weighted by Gasteiger charge is 2.19. The van der Waals surface area contributed by atoms with Gasteiger partial charge in [-0.3, -0.25) is 0 Å². The minimum Gasteiger partial charge on any atom is -0.318 e. The second-order valence-corrected chi connectivity index (χ2v) is 5.07. The summed E-state index contributed by atoms with van der Waals surface area (Å²) >= 11 is 0. The van der Waals surface area contributed by atoms with E-state index in [1.54, 1.807) is 6.92 Å². The first kappa shape index (κ1) is 13.6. The maximum atomic E-state index is 11.4. The van der Waals surface area contributed by atoms with E-state index in [2.05, 4.69) is 17.3 Å². The predicted molar refractivity (Wildman–Crippen MR) is 82.3 cm³/mol. The van der Waals surface area contributed by atoms with E-state index in [4.69, 9.17) is 4.84 Å².